The highest BCUT2D eigenvalue weighted by Gasteiger charge is 2.07. The van der Waals surface area contributed by atoms with Gasteiger partial charge < -0.3 is 14.6 Å². The first kappa shape index (κ1) is 15.2. The van der Waals surface area contributed by atoms with Crippen molar-refractivity contribution in [3.05, 3.63) is 47.8 Å². The van der Waals surface area contributed by atoms with Crippen LogP contribution in [0, 0.1) is 13.8 Å². The standard InChI is InChI=1S/C17H22N2O2/c1-12(2)21-16-9-7-15(8-10-16)18-17(20)11-19-13(3)5-6-14(19)4/h5-10,12H,11H2,1-4H3,(H,18,20). The van der Waals surface area contributed by atoms with Crippen molar-refractivity contribution >= 4 is 11.6 Å². The maximum atomic E-state index is 12.1. The molecule has 0 saturated carbocycles. The van der Waals surface area contributed by atoms with Gasteiger partial charge in [-0.15, -0.1) is 0 Å². The first-order chi connectivity index (χ1) is 9.95. The zero-order chi connectivity index (χ0) is 15.4. The second-order valence-electron chi connectivity index (χ2n) is 5.44. The molecular formula is C17H22N2O2. The van der Waals surface area contributed by atoms with Gasteiger partial charge in [-0.2, -0.15) is 0 Å². The van der Waals surface area contributed by atoms with Crippen LogP contribution in [0.4, 0.5) is 5.69 Å². The van der Waals surface area contributed by atoms with Crippen molar-refractivity contribution in [2.45, 2.75) is 40.3 Å². The summed E-state index contributed by atoms with van der Waals surface area (Å²) >= 11 is 0. The van der Waals surface area contributed by atoms with Gasteiger partial charge in [0.2, 0.25) is 5.91 Å². The van der Waals surface area contributed by atoms with E-state index in [0.717, 1.165) is 22.8 Å². The van der Waals surface area contributed by atoms with Crippen molar-refractivity contribution in [2.24, 2.45) is 0 Å². The Morgan fingerprint density at radius 3 is 2.19 bits per heavy atom. The minimum Gasteiger partial charge on any atom is -0.491 e. The molecule has 0 saturated heterocycles. The molecule has 0 aliphatic carbocycles. The quantitative estimate of drug-likeness (QED) is 0.913. The monoisotopic (exact) mass is 286 g/mol. The molecule has 0 spiro atoms. The summed E-state index contributed by atoms with van der Waals surface area (Å²) in [5.74, 6) is 0.773. The van der Waals surface area contributed by atoms with Crippen molar-refractivity contribution < 1.29 is 9.53 Å². The molecule has 2 aromatic rings. The molecule has 1 N–H and O–H groups in total. The van der Waals surface area contributed by atoms with Gasteiger partial charge in [0.15, 0.2) is 0 Å². The Balaban J connectivity index is 1.97. The van der Waals surface area contributed by atoms with Crippen molar-refractivity contribution in [3.8, 4) is 5.75 Å². The molecule has 0 aliphatic heterocycles. The number of nitrogens with one attached hydrogen (secondary N) is 1. The summed E-state index contributed by atoms with van der Waals surface area (Å²) in [5.41, 5.74) is 2.95. The van der Waals surface area contributed by atoms with Crippen molar-refractivity contribution in [1.82, 2.24) is 4.57 Å². The number of hydrogen-bond acceptors (Lipinski definition) is 2. The summed E-state index contributed by atoms with van der Waals surface area (Å²) in [6.45, 7) is 8.29. The van der Waals surface area contributed by atoms with Gasteiger partial charge in [-0.3, -0.25) is 4.79 Å². The van der Waals surface area contributed by atoms with Crippen LogP contribution in [0.2, 0.25) is 0 Å². The van der Waals surface area contributed by atoms with Crippen LogP contribution in [-0.4, -0.2) is 16.6 Å². The van der Waals surface area contributed by atoms with Crippen LogP contribution in [0.25, 0.3) is 0 Å². The van der Waals surface area contributed by atoms with Gasteiger partial charge in [0.25, 0.3) is 0 Å². The van der Waals surface area contributed by atoms with Crippen LogP contribution in [0.3, 0.4) is 0 Å². The van der Waals surface area contributed by atoms with Crippen LogP contribution in [-0.2, 0) is 11.3 Å². The van der Waals surface area contributed by atoms with Gasteiger partial charge in [0.05, 0.1) is 6.10 Å². The topological polar surface area (TPSA) is 43.3 Å². The maximum absolute atomic E-state index is 12.1. The third-order valence-electron chi connectivity index (χ3n) is 3.23. The van der Waals surface area contributed by atoms with E-state index in [4.69, 9.17) is 4.74 Å². The lowest BCUT2D eigenvalue weighted by Crippen LogP contribution is -2.20. The Labute approximate surface area is 125 Å². The van der Waals surface area contributed by atoms with Gasteiger partial charge >= 0.3 is 0 Å². The van der Waals surface area contributed by atoms with Crippen LogP contribution >= 0.6 is 0 Å². The van der Waals surface area contributed by atoms with Gasteiger partial charge in [-0.05, 0) is 64.1 Å². The average molecular weight is 286 g/mol. The normalized spacial score (nSPS) is 10.7. The Morgan fingerprint density at radius 2 is 1.67 bits per heavy atom. The summed E-state index contributed by atoms with van der Waals surface area (Å²) in [6.07, 6.45) is 0.144. The van der Waals surface area contributed by atoms with E-state index in [1.165, 1.54) is 0 Å². The summed E-state index contributed by atoms with van der Waals surface area (Å²) in [4.78, 5) is 12.1. The van der Waals surface area contributed by atoms with E-state index in [9.17, 15) is 4.79 Å². The number of carbonyl (C=O) groups is 1. The van der Waals surface area contributed by atoms with E-state index in [1.54, 1.807) is 0 Å². The number of ether oxygens (including phenoxy) is 1. The van der Waals surface area contributed by atoms with Crippen molar-refractivity contribution in [3.63, 3.8) is 0 Å². The Bertz CT molecular complexity index is 593. The Hall–Kier alpha value is -2.23. The molecule has 2 rings (SSSR count). The molecule has 0 bridgehead atoms. The third-order valence-corrected chi connectivity index (χ3v) is 3.23. The van der Waals surface area contributed by atoms with E-state index in [-0.39, 0.29) is 12.0 Å². The fourth-order valence-corrected chi connectivity index (χ4v) is 2.18. The summed E-state index contributed by atoms with van der Waals surface area (Å²) in [5, 5.41) is 2.90. The number of amides is 1. The lowest BCUT2D eigenvalue weighted by Gasteiger charge is -2.12. The number of benzene rings is 1. The van der Waals surface area contributed by atoms with Gasteiger partial charge in [-0.25, -0.2) is 0 Å². The molecule has 1 heterocycles. The van der Waals surface area contributed by atoms with E-state index in [1.807, 2.05) is 68.7 Å². The molecule has 0 fully saturated rings. The largest absolute Gasteiger partial charge is 0.491 e. The molecule has 0 atom stereocenters. The predicted octanol–water partition coefficient (Wildman–Crippen LogP) is 3.53. The maximum Gasteiger partial charge on any atom is 0.244 e. The number of aryl methyl sites for hydroxylation is 2. The Kier molecular flexibility index (Phi) is 4.68. The molecule has 21 heavy (non-hydrogen) atoms. The Morgan fingerprint density at radius 1 is 1.10 bits per heavy atom. The molecule has 1 amide bonds. The van der Waals surface area contributed by atoms with Crippen LogP contribution in [0.5, 0.6) is 5.75 Å². The summed E-state index contributed by atoms with van der Waals surface area (Å²) < 4.78 is 7.57. The van der Waals surface area contributed by atoms with Crippen LogP contribution in [0.15, 0.2) is 36.4 Å². The number of rotatable bonds is 5. The first-order valence-corrected chi connectivity index (χ1v) is 7.15. The third kappa shape index (κ3) is 4.12. The average Bonchev–Trinajstić information content (AvgIpc) is 2.72. The van der Waals surface area contributed by atoms with E-state index >= 15 is 0 Å². The second kappa shape index (κ2) is 6.48. The predicted molar refractivity (Wildman–Crippen MR) is 84.7 cm³/mol. The molecule has 4 heteroatoms. The van der Waals surface area contributed by atoms with E-state index in [0.29, 0.717) is 6.54 Å². The zero-order valence-electron chi connectivity index (χ0n) is 13.0. The number of aromatic nitrogens is 1. The molecule has 112 valence electrons. The highest BCUT2D eigenvalue weighted by Crippen LogP contribution is 2.17. The smallest absolute Gasteiger partial charge is 0.244 e. The number of nitrogens with zero attached hydrogens (tertiary/aromatic N) is 1. The summed E-state index contributed by atoms with van der Waals surface area (Å²) in [7, 11) is 0. The molecule has 1 aromatic heterocycles. The van der Waals surface area contributed by atoms with E-state index in [2.05, 4.69) is 5.32 Å². The second-order valence-corrected chi connectivity index (χ2v) is 5.44. The minimum atomic E-state index is -0.0325. The fraction of sp³-hybridized carbons (Fsp3) is 0.353. The molecule has 1 aromatic carbocycles. The lowest BCUT2D eigenvalue weighted by molar-refractivity contribution is -0.116. The minimum absolute atomic E-state index is 0.0325. The highest BCUT2D eigenvalue weighted by atomic mass is 16.5. The molecular weight excluding hydrogens is 264 g/mol. The molecule has 4 nitrogen and oxygen atoms in total. The highest BCUT2D eigenvalue weighted by molar-refractivity contribution is 5.90. The van der Waals surface area contributed by atoms with Gasteiger partial charge in [0, 0.05) is 17.1 Å². The number of anilines is 1. The molecule has 0 unspecified atom stereocenters. The number of hydrogen-bond donors (Lipinski definition) is 1. The van der Waals surface area contributed by atoms with Gasteiger partial charge in [-0.1, -0.05) is 0 Å². The molecule has 0 aliphatic rings. The zero-order valence-corrected chi connectivity index (χ0v) is 13.0. The SMILES string of the molecule is Cc1ccc(C)n1CC(=O)Nc1ccc(OC(C)C)cc1. The first-order valence-electron chi connectivity index (χ1n) is 7.15. The molecule has 0 radical (unpaired) electrons. The lowest BCUT2D eigenvalue weighted by atomic mass is 10.3. The fourth-order valence-electron chi connectivity index (χ4n) is 2.18. The summed E-state index contributed by atoms with van der Waals surface area (Å²) in [6, 6.07) is 11.5. The van der Waals surface area contributed by atoms with Crippen molar-refractivity contribution in [1.29, 1.82) is 0 Å². The van der Waals surface area contributed by atoms with E-state index < -0.39 is 0 Å². The van der Waals surface area contributed by atoms with Crippen molar-refractivity contribution in [2.75, 3.05) is 5.32 Å². The van der Waals surface area contributed by atoms with Crippen LogP contribution < -0.4 is 10.1 Å². The van der Waals surface area contributed by atoms with Gasteiger partial charge in [0.1, 0.15) is 12.3 Å². The number of carbonyl (C=O) groups excluding carboxylic acids is 1. The van der Waals surface area contributed by atoms with Crippen LogP contribution in [0.1, 0.15) is 25.2 Å².